The van der Waals surface area contributed by atoms with Gasteiger partial charge in [-0.15, -0.1) is 0 Å². The summed E-state index contributed by atoms with van der Waals surface area (Å²) in [5.41, 5.74) is 0. The van der Waals surface area contributed by atoms with Gasteiger partial charge >= 0.3 is 0 Å². The fourth-order valence-corrected chi connectivity index (χ4v) is 6.17. The molecule has 1 saturated heterocycles. The number of Topliss-reactive ketones (excluding diaryl/α,β-unsaturated/α-hetero) is 1. The summed E-state index contributed by atoms with van der Waals surface area (Å²) in [5.74, 6) is 0.0576. The molecule has 1 aromatic carbocycles. The van der Waals surface area contributed by atoms with E-state index >= 15 is 0 Å². The smallest absolute Gasteiger partial charge is 0.261 e. The number of benzene rings is 1. The second-order valence-corrected chi connectivity index (χ2v) is 10.4. The summed E-state index contributed by atoms with van der Waals surface area (Å²) in [6.07, 6.45) is 6.36. The lowest BCUT2D eigenvalue weighted by Crippen LogP contribution is -2.52. The Balaban J connectivity index is 1.42. The van der Waals surface area contributed by atoms with E-state index in [0.717, 1.165) is 38.5 Å². The van der Waals surface area contributed by atoms with Crippen molar-refractivity contribution in [2.45, 2.75) is 63.5 Å². The van der Waals surface area contributed by atoms with Crippen LogP contribution >= 0.6 is 23.2 Å². The number of halogens is 2. The number of hydrogen-bond acceptors (Lipinski definition) is 5. The van der Waals surface area contributed by atoms with Crippen molar-refractivity contribution in [3.05, 3.63) is 28.2 Å². The molecule has 5 atom stereocenters. The molecular formula is C25H29Cl2N3O4. The molecular weight excluding hydrogens is 477 g/mol. The molecule has 0 aromatic heterocycles. The van der Waals surface area contributed by atoms with Gasteiger partial charge in [-0.1, -0.05) is 36.0 Å². The summed E-state index contributed by atoms with van der Waals surface area (Å²) >= 11 is 12.1. The maximum atomic E-state index is 13.3. The highest BCUT2D eigenvalue weighted by Gasteiger charge is 2.49. The molecule has 3 fully saturated rings. The van der Waals surface area contributed by atoms with E-state index < -0.39 is 12.1 Å². The van der Waals surface area contributed by atoms with Crippen LogP contribution in [0.5, 0.6) is 5.75 Å². The predicted octanol–water partition coefficient (Wildman–Crippen LogP) is 4.16. The average molecular weight is 506 g/mol. The summed E-state index contributed by atoms with van der Waals surface area (Å²) < 4.78 is 5.63. The Kier molecular flexibility index (Phi) is 8.00. The van der Waals surface area contributed by atoms with Gasteiger partial charge in [-0.3, -0.25) is 14.4 Å². The second kappa shape index (κ2) is 11.0. The van der Waals surface area contributed by atoms with Crippen LogP contribution in [-0.4, -0.2) is 47.7 Å². The number of amides is 2. The van der Waals surface area contributed by atoms with Crippen LogP contribution in [0.15, 0.2) is 18.2 Å². The Morgan fingerprint density at radius 2 is 2.03 bits per heavy atom. The monoisotopic (exact) mass is 505 g/mol. The lowest BCUT2D eigenvalue weighted by Gasteiger charge is -2.29. The van der Waals surface area contributed by atoms with Crippen LogP contribution in [0, 0.1) is 29.1 Å². The van der Waals surface area contributed by atoms with Crippen LogP contribution in [0.3, 0.4) is 0 Å². The Morgan fingerprint density at radius 3 is 2.76 bits per heavy atom. The van der Waals surface area contributed by atoms with Crippen LogP contribution in [0.1, 0.15) is 51.4 Å². The highest BCUT2D eigenvalue weighted by molar-refractivity contribution is 6.35. The molecule has 4 rings (SSSR count). The van der Waals surface area contributed by atoms with Crippen LogP contribution in [0.25, 0.3) is 0 Å². The largest absolute Gasteiger partial charge is 0.482 e. The van der Waals surface area contributed by atoms with Crippen LogP contribution in [0.2, 0.25) is 10.0 Å². The number of nitriles is 1. The molecule has 0 unspecified atom stereocenters. The third kappa shape index (κ3) is 5.50. The van der Waals surface area contributed by atoms with Gasteiger partial charge in [-0.05, 0) is 62.1 Å². The third-order valence-corrected chi connectivity index (χ3v) is 7.93. The first-order valence-electron chi connectivity index (χ1n) is 12.0. The van der Waals surface area contributed by atoms with Crippen LogP contribution in [0.4, 0.5) is 0 Å². The fourth-order valence-electron chi connectivity index (χ4n) is 5.70. The van der Waals surface area contributed by atoms with Gasteiger partial charge < -0.3 is 15.0 Å². The van der Waals surface area contributed by atoms with Gasteiger partial charge in [0.25, 0.3) is 5.91 Å². The van der Waals surface area contributed by atoms with Crippen molar-refractivity contribution in [1.82, 2.24) is 10.2 Å². The van der Waals surface area contributed by atoms with E-state index in [1.807, 2.05) is 0 Å². The SMILES string of the molecule is N#C[C@H](C[C@@H]1CCCCC1=O)NC(=O)[C@@H]1[C@H]2CCC[C@H]2CN1C(=O)COc1ccc(Cl)cc1Cl. The van der Waals surface area contributed by atoms with E-state index in [1.165, 1.54) is 0 Å². The van der Waals surface area contributed by atoms with E-state index in [4.69, 9.17) is 27.9 Å². The number of carbonyl (C=O) groups excluding carboxylic acids is 3. The number of nitrogens with zero attached hydrogens (tertiary/aromatic N) is 2. The summed E-state index contributed by atoms with van der Waals surface area (Å²) in [4.78, 5) is 40.2. The summed E-state index contributed by atoms with van der Waals surface area (Å²) in [7, 11) is 0. The van der Waals surface area contributed by atoms with E-state index in [1.54, 1.807) is 23.1 Å². The quantitative estimate of drug-likeness (QED) is 0.599. The van der Waals surface area contributed by atoms with Gasteiger partial charge in [0.1, 0.15) is 23.6 Å². The summed E-state index contributed by atoms with van der Waals surface area (Å²) in [6.45, 7) is 0.250. The lowest BCUT2D eigenvalue weighted by molar-refractivity contribution is -0.141. The standard InChI is InChI=1S/C25H29Cl2N3O4/c26-17-8-9-22(20(27)11-17)34-14-23(32)30-13-16-5-3-6-19(16)24(30)25(33)29-18(12-28)10-15-4-1-2-7-21(15)31/h8-9,11,15-16,18-19,24H,1-7,10,13-14H2,(H,29,33)/t15-,16-,18-,19-,24-/m0/s1. The minimum atomic E-state index is -0.749. The van der Waals surface area contributed by atoms with Gasteiger partial charge in [0.05, 0.1) is 11.1 Å². The molecule has 182 valence electrons. The van der Waals surface area contributed by atoms with E-state index in [-0.39, 0.29) is 42.0 Å². The van der Waals surface area contributed by atoms with Crippen LogP contribution in [-0.2, 0) is 14.4 Å². The van der Waals surface area contributed by atoms with Crippen LogP contribution < -0.4 is 10.1 Å². The van der Waals surface area contributed by atoms with Gasteiger partial charge in [-0.2, -0.15) is 5.26 Å². The van der Waals surface area contributed by atoms with Gasteiger partial charge in [-0.25, -0.2) is 0 Å². The van der Waals surface area contributed by atoms with Crippen molar-refractivity contribution in [3.8, 4) is 11.8 Å². The molecule has 7 nitrogen and oxygen atoms in total. The van der Waals surface area contributed by atoms with Crippen molar-refractivity contribution >= 4 is 40.8 Å². The molecule has 1 heterocycles. The van der Waals surface area contributed by atoms with Crippen molar-refractivity contribution in [3.63, 3.8) is 0 Å². The Hall–Kier alpha value is -2.30. The first-order chi connectivity index (χ1) is 16.4. The number of hydrogen-bond donors (Lipinski definition) is 1. The number of ketones is 1. The maximum Gasteiger partial charge on any atom is 0.261 e. The van der Waals surface area contributed by atoms with Gasteiger partial charge in [0.2, 0.25) is 5.91 Å². The zero-order valence-corrected chi connectivity index (χ0v) is 20.5. The van der Waals surface area contributed by atoms with E-state index in [9.17, 15) is 19.6 Å². The Labute approximate surface area is 209 Å². The minimum absolute atomic E-state index is 0.0683. The van der Waals surface area contributed by atoms with E-state index in [0.29, 0.717) is 35.2 Å². The Morgan fingerprint density at radius 1 is 1.21 bits per heavy atom. The topological polar surface area (TPSA) is 99.5 Å². The second-order valence-electron chi connectivity index (χ2n) is 9.54. The zero-order chi connectivity index (χ0) is 24.2. The van der Waals surface area contributed by atoms with Crippen molar-refractivity contribution < 1.29 is 19.1 Å². The predicted molar refractivity (Wildman–Crippen MR) is 127 cm³/mol. The molecule has 1 aliphatic heterocycles. The summed E-state index contributed by atoms with van der Waals surface area (Å²) in [6, 6.07) is 5.53. The molecule has 2 aliphatic carbocycles. The highest BCUT2D eigenvalue weighted by atomic mass is 35.5. The average Bonchev–Trinajstić information content (AvgIpc) is 3.40. The molecule has 34 heavy (non-hydrogen) atoms. The molecule has 9 heteroatoms. The molecule has 2 amide bonds. The minimum Gasteiger partial charge on any atom is -0.482 e. The van der Waals surface area contributed by atoms with Gasteiger partial charge in [0, 0.05) is 23.9 Å². The number of nitrogens with one attached hydrogen (secondary N) is 1. The number of ether oxygens (including phenoxy) is 1. The Bertz CT molecular complexity index is 995. The zero-order valence-electron chi connectivity index (χ0n) is 19.0. The summed E-state index contributed by atoms with van der Waals surface area (Å²) in [5, 5.41) is 13.3. The molecule has 0 spiro atoms. The van der Waals surface area contributed by atoms with Crippen molar-refractivity contribution in [2.75, 3.05) is 13.2 Å². The highest BCUT2D eigenvalue weighted by Crippen LogP contribution is 2.42. The van der Waals surface area contributed by atoms with E-state index in [2.05, 4.69) is 11.4 Å². The van der Waals surface area contributed by atoms with Crippen molar-refractivity contribution in [2.24, 2.45) is 17.8 Å². The molecule has 1 aromatic rings. The lowest BCUT2D eigenvalue weighted by atomic mass is 9.83. The van der Waals surface area contributed by atoms with Gasteiger partial charge in [0.15, 0.2) is 6.61 Å². The van der Waals surface area contributed by atoms with Crippen molar-refractivity contribution in [1.29, 1.82) is 5.26 Å². The normalized spacial score (nSPS) is 27.1. The molecule has 0 radical (unpaired) electrons. The molecule has 3 aliphatic rings. The molecule has 1 N–H and O–H groups in total. The number of rotatable bonds is 7. The fraction of sp³-hybridized carbons (Fsp3) is 0.600. The number of carbonyl (C=O) groups is 3. The molecule has 0 bridgehead atoms. The first kappa shape index (κ1) is 24.8. The number of likely N-dealkylation sites (tertiary alicyclic amines) is 1. The molecule has 2 saturated carbocycles. The maximum absolute atomic E-state index is 13.3. The third-order valence-electron chi connectivity index (χ3n) is 7.40. The first-order valence-corrected chi connectivity index (χ1v) is 12.7. The number of fused-ring (bicyclic) bond motifs is 1.